The van der Waals surface area contributed by atoms with E-state index in [9.17, 15) is 13.2 Å². The second-order valence-electron chi connectivity index (χ2n) is 7.23. The molecule has 0 amide bonds. The van der Waals surface area contributed by atoms with E-state index in [4.69, 9.17) is 21.1 Å². The summed E-state index contributed by atoms with van der Waals surface area (Å²) in [4.78, 5) is 16.3. The van der Waals surface area contributed by atoms with Crippen molar-refractivity contribution in [3.8, 4) is 17.0 Å². The molecule has 152 valence electrons. The topological polar surface area (TPSA) is 82.6 Å². The van der Waals surface area contributed by atoms with Crippen molar-refractivity contribution in [1.82, 2.24) is 4.98 Å². The SMILES string of the molecule is CCCS(=O)(=O)c1cccc(-c2cc(Cl)cnc2OCC(=O)OC(C)(C)C)c1. The van der Waals surface area contributed by atoms with E-state index in [0.717, 1.165) is 0 Å². The predicted molar refractivity (Wildman–Crippen MR) is 108 cm³/mol. The zero-order valence-corrected chi connectivity index (χ0v) is 17.9. The lowest BCUT2D eigenvalue weighted by Gasteiger charge is -2.19. The molecule has 0 spiro atoms. The molecule has 2 aromatic rings. The molecule has 0 saturated heterocycles. The lowest BCUT2D eigenvalue weighted by atomic mass is 10.1. The van der Waals surface area contributed by atoms with Gasteiger partial charge in [0, 0.05) is 11.8 Å². The van der Waals surface area contributed by atoms with Gasteiger partial charge in [-0.1, -0.05) is 30.7 Å². The van der Waals surface area contributed by atoms with Crippen LogP contribution in [0.2, 0.25) is 5.02 Å². The van der Waals surface area contributed by atoms with Crippen LogP contribution < -0.4 is 4.74 Å². The lowest BCUT2D eigenvalue weighted by molar-refractivity contribution is -0.157. The smallest absolute Gasteiger partial charge is 0.344 e. The van der Waals surface area contributed by atoms with Crippen LogP contribution in [0.3, 0.4) is 0 Å². The summed E-state index contributed by atoms with van der Waals surface area (Å²) in [5, 5.41) is 0.362. The zero-order chi connectivity index (χ0) is 20.9. The molecule has 0 saturated carbocycles. The number of hydrogen-bond acceptors (Lipinski definition) is 6. The number of hydrogen-bond donors (Lipinski definition) is 0. The molecule has 0 aliphatic rings. The Balaban J connectivity index is 2.34. The van der Waals surface area contributed by atoms with Gasteiger partial charge in [0.05, 0.1) is 15.7 Å². The number of sulfone groups is 1. The number of aromatic nitrogens is 1. The molecule has 0 radical (unpaired) electrons. The van der Waals surface area contributed by atoms with Crippen LogP contribution in [0.25, 0.3) is 11.1 Å². The summed E-state index contributed by atoms with van der Waals surface area (Å²) in [5.41, 5.74) is 0.439. The summed E-state index contributed by atoms with van der Waals surface area (Å²) in [5.74, 6) is -0.304. The van der Waals surface area contributed by atoms with Gasteiger partial charge in [0.1, 0.15) is 5.60 Å². The molecule has 8 heteroatoms. The number of halogens is 1. The van der Waals surface area contributed by atoms with Crippen molar-refractivity contribution in [3.63, 3.8) is 0 Å². The molecule has 28 heavy (non-hydrogen) atoms. The Morgan fingerprint density at radius 3 is 2.57 bits per heavy atom. The van der Waals surface area contributed by atoms with Crippen molar-refractivity contribution in [2.24, 2.45) is 0 Å². The lowest BCUT2D eigenvalue weighted by Crippen LogP contribution is -2.27. The Labute approximate surface area is 170 Å². The second-order valence-corrected chi connectivity index (χ2v) is 9.77. The first-order valence-electron chi connectivity index (χ1n) is 8.85. The largest absolute Gasteiger partial charge is 0.465 e. The molecular formula is C20H24ClNO5S. The molecule has 0 N–H and O–H groups in total. The van der Waals surface area contributed by atoms with Crippen molar-refractivity contribution in [2.75, 3.05) is 12.4 Å². The summed E-state index contributed by atoms with van der Waals surface area (Å²) >= 11 is 6.07. The number of pyridine rings is 1. The molecule has 0 atom stereocenters. The van der Waals surface area contributed by atoms with Crippen LogP contribution in [0.4, 0.5) is 0 Å². The van der Waals surface area contributed by atoms with Crippen LogP contribution >= 0.6 is 11.6 Å². The minimum Gasteiger partial charge on any atom is -0.465 e. The summed E-state index contributed by atoms with van der Waals surface area (Å²) in [6.45, 7) is 6.77. The van der Waals surface area contributed by atoms with Crippen LogP contribution in [-0.4, -0.2) is 37.3 Å². The number of carbonyl (C=O) groups excluding carboxylic acids is 1. The van der Waals surface area contributed by atoms with Crippen LogP contribution in [0.15, 0.2) is 41.4 Å². The third-order valence-electron chi connectivity index (χ3n) is 3.54. The fourth-order valence-electron chi connectivity index (χ4n) is 2.49. The summed E-state index contributed by atoms with van der Waals surface area (Å²) in [7, 11) is -3.38. The van der Waals surface area contributed by atoms with E-state index in [0.29, 0.717) is 22.6 Å². The van der Waals surface area contributed by atoms with Gasteiger partial charge < -0.3 is 9.47 Å². The fourth-order valence-corrected chi connectivity index (χ4v) is 4.01. The van der Waals surface area contributed by atoms with Crippen LogP contribution in [0.1, 0.15) is 34.1 Å². The second kappa shape index (κ2) is 8.92. The molecular weight excluding hydrogens is 402 g/mol. The highest BCUT2D eigenvalue weighted by Crippen LogP contribution is 2.32. The van der Waals surface area contributed by atoms with Crippen LogP contribution in [-0.2, 0) is 19.4 Å². The first-order chi connectivity index (χ1) is 13.0. The van der Waals surface area contributed by atoms with Crippen LogP contribution in [0.5, 0.6) is 5.88 Å². The normalized spacial score (nSPS) is 11.9. The number of esters is 1. The highest BCUT2D eigenvalue weighted by atomic mass is 35.5. The van der Waals surface area contributed by atoms with Gasteiger partial charge in [-0.25, -0.2) is 18.2 Å². The van der Waals surface area contributed by atoms with Gasteiger partial charge in [0.25, 0.3) is 0 Å². The maximum atomic E-state index is 12.4. The van der Waals surface area contributed by atoms with Crippen molar-refractivity contribution >= 4 is 27.4 Å². The highest BCUT2D eigenvalue weighted by molar-refractivity contribution is 7.91. The first-order valence-corrected chi connectivity index (χ1v) is 10.9. The van der Waals surface area contributed by atoms with E-state index >= 15 is 0 Å². The Kier molecular flexibility index (Phi) is 7.06. The summed E-state index contributed by atoms with van der Waals surface area (Å²) in [6, 6.07) is 8.10. The van der Waals surface area contributed by atoms with Crippen molar-refractivity contribution in [2.45, 2.75) is 44.6 Å². The Hall–Kier alpha value is -2.12. The maximum Gasteiger partial charge on any atom is 0.344 e. The zero-order valence-electron chi connectivity index (χ0n) is 16.4. The third kappa shape index (κ3) is 6.21. The molecule has 0 bridgehead atoms. The fraction of sp³-hybridized carbons (Fsp3) is 0.400. The summed E-state index contributed by atoms with van der Waals surface area (Å²) in [6.07, 6.45) is 1.92. The average Bonchev–Trinajstić information content (AvgIpc) is 2.59. The van der Waals surface area contributed by atoms with E-state index in [2.05, 4.69) is 4.98 Å². The monoisotopic (exact) mass is 425 g/mol. The molecule has 0 aliphatic heterocycles. The number of rotatable bonds is 7. The van der Waals surface area contributed by atoms with Gasteiger partial charge >= 0.3 is 5.97 Å². The van der Waals surface area contributed by atoms with Gasteiger partial charge in [-0.15, -0.1) is 0 Å². The Morgan fingerprint density at radius 1 is 1.21 bits per heavy atom. The highest BCUT2D eigenvalue weighted by Gasteiger charge is 2.19. The number of carbonyl (C=O) groups is 1. The minimum atomic E-state index is -3.38. The van der Waals surface area contributed by atoms with E-state index in [1.54, 1.807) is 51.1 Å². The minimum absolute atomic E-state index is 0.0618. The standard InChI is InChI=1S/C20H24ClNO5S/c1-5-9-28(24,25)16-8-6-7-14(10-16)17-11-15(21)12-22-19(17)26-13-18(23)27-20(2,3)4/h6-8,10-12H,5,9,13H2,1-4H3. The van der Waals surface area contributed by atoms with Crippen molar-refractivity contribution in [3.05, 3.63) is 41.6 Å². The van der Waals surface area contributed by atoms with E-state index in [1.807, 2.05) is 6.92 Å². The van der Waals surface area contributed by atoms with Gasteiger partial charge in [-0.2, -0.15) is 0 Å². The van der Waals surface area contributed by atoms with E-state index in [1.165, 1.54) is 6.20 Å². The van der Waals surface area contributed by atoms with Gasteiger partial charge in [0.2, 0.25) is 5.88 Å². The molecule has 0 unspecified atom stereocenters. The molecule has 1 heterocycles. The Morgan fingerprint density at radius 2 is 1.93 bits per heavy atom. The number of nitrogens with zero attached hydrogens (tertiary/aromatic N) is 1. The average molecular weight is 426 g/mol. The van der Waals surface area contributed by atoms with Gasteiger partial charge in [0.15, 0.2) is 16.4 Å². The van der Waals surface area contributed by atoms with E-state index in [-0.39, 0.29) is 23.1 Å². The molecule has 0 aliphatic carbocycles. The quantitative estimate of drug-likeness (QED) is 0.615. The molecule has 1 aromatic carbocycles. The molecule has 6 nitrogen and oxygen atoms in total. The molecule has 1 aromatic heterocycles. The van der Waals surface area contributed by atoms with Crippen molar-refractivity contribution in [1.29, 1.82) is 0 Å². The number of ether oxygens (including phenoxy) is 2. The van der Waals surface area contributed by atoms with E-state index < -0.39 is 21.4 Å². The molecule has 0 fully saturated rings. The van der Waals surface area contributed by atoms with Crippen LogP contribution in [0, 0.1) is 0 Å². The summed E-state index contributed by atoms with van der Waals surface area (Å²) < 4.78 is 35.5. The third-order valence-corrected chi connectivity index (χ3v) is 5.67. The maximum absolute atomic E-state index is 12.4. The predicted octanol–water partition coefficient (Wildman–Crippen LogP) is 4.31. The Bertz CT molecular complexity index is 951. The van der Waals surface area contributed by atoms with Crippen molar-refractivity contribution < 1.29 is 22.7 Å². The molecule has 2 rings (SSSR count). The first kappa shape index (κ1) is 22.2. The number of benzene rings is 1. The van der Waals surface area contributed by atoms with Gasteiger partial charge in [-0.3, -0.25) is 0 Å². The van der Waals surface area contributed by atoms with Gasteiger partial charge in [-0.05, 0) is 51.0 Å².